The Balaban J connectivity index is 1.81. The Morgan fingerprint density at radius 1 is 1.17 bits per heavy atom. The Hall–Kier alpha value is -1.34. The van der Waals surface area contributed by atoms with Gasteiger partial charge < -0.3 is 10.1 Å². The third-order valence-corrected chi connectivity index (χ3v) is 5.89. The summed E-state index contributed by atoms with van der Waals surface area (Å²) in [6.45, 7) is 5.44. The highest BCUT2D eigenvalue weighted by Crippen LogP contribution is 2.39. The highest BCUT2D eigenvalue weighted by molar-refractivity contribution is 8.77. The van der Waals surface area contributed by atoms with Gasteiger partial charge in [-0.3, -0.25) is 10.1 Å². The van der Waals surface area contributed by atoms with Crippen molar-refractivity contribution < 1.29 is 14.3 Å². The summed E-state index contributed by atoms with van der Waals surface area (Å²) in [5.41, 5.74) is 0.814. The topological polar surface area (TPSA) is 67.4 Å². The molecule has 5 nitrogen and oxygen atoms in total. The second-order valence-corrected chi connectivity index (χ2v) is 9.07. The zero-order chi connectivity index (χ0) is 16.9. The van der Waals surface area contributed by atoms with E-state index in [1.165, 1.54) is 0 Å². The Morgan fingerprint density at radius 2 is 1.78 bits per heavy atom. The number of hydrogen-bond acceptors (Lipinski definition) is 5. The van der Waals surface area contributed by atoms with Crippen molar-refractivity contribution in [1.29, 1.82) is 0 Å². The fraction of sp³-hybridized carbons (Fsp3) is 0.500. The van der Waals surface area contributed by atoms with Crippen LogP contribution in [0.15, 0.2) is 24.3 Å². The molecule has 0 saturated carbocycles. The first-order valence-corrected chi connectivity index (χ1v) is 9.88. The fourth-order valence-electron chi connectivity index (χ4n) is 1.99. The molecule has 23 heavy (non-hydrogen) atoms. The molecule has 0 aromatic heterocycles. The van der Waals surface area contributed by atoms with Crippen LogP contribution in [0, 0.1) is 0 Å². The fourth-order valence-corrected chi connectivity index (χ4v) is 4.88. The van der Waals surface area contributed by atoms with E-state index in [0.717, 1.165) is 17.9 Å². The molecule has 1 aliphatic rings. The maximum absolute atomic E-state index is 12.0. The summed E-state index contributed by atoms with van der Waals surface area (Å²) in [7, 11) is 3.62. The van der Waals surface area contributed by atoms with Crippen LogP contribution in [0.3, 0.4) is 0 Å². The van der Waals surface area contributed by atoms with Crippen LogP contribution in [0.4, 0.5) is 16.2 Å². The lowest BCUT2D eigenvalue weighted by atomic mass is 10.2. The summed E-state index contributed by atoms with van der Waals surface area (Å²) in [5.74, 6) is 1.14. The molecule has 1 heterocycles. The number of nitrogens with one attached hydrogen (secondary N) is 2. The van der Waals surface area contributed by atoms with Crippen LogP contribution in [0.1, 0.15) is 33.6 Å². The monoisotopic (exact) mass is 354 g/mol. The second kappa shape index (κ2) is 7.97. The smallest absolute Gasteiger partial charge is 0.412 e. The van der Waals surface area contributed by atoms with Crippen molar-refractivity contribution >= 4 is 45.0 Å². The molecule has 1 aromatic rings. The number of rotatable bonds is 4. The molecule has 0 aliphatic carbocycles. The van der Waals surface area contributed by atoms with E-state index < -0.39 is 11.7 Å². The zero-order valence-corrected chi connectivity index (χ0v) is 15.2. The first-order chi connectivity index (χ1) is 10.8. The van der Waals surface area contributed by atoms with Gasteiger partial charge in [0, 0.05) is 28.8 Å². The minimum absolute atomic E-state index is 0.0258. The van der Waals surface area contributed by atoms with Gasteiger partial charge in [-0.05, 0) is 51.5 Å². The molecule has 1 saturated heterocycles. The van der Waals surface area contributed by atoms with Crippen LogP contribution in [0.5, 0.6) is 0 Å². The van der Waals surface area contributed by atoms with Crippen LogP contribution in [0.25, 0.3) is 0 Å². The van der Waals surface area contributed by atoms with Crippen molar-refractivity contribution in [3.05, 3.63) is 24.3 Å². The summed E-state index contributed by atoms with van der Waals surface area (Å²) >= 11 is 0. The van der Waals surface area contributed by atoms with E-state index in [1.54, 1.807) is 35.1 Å². The maximum Gasteiger partial charge on any atom is 0.412 e. The van der Waals surface area contributed by atoms with Gasteiger partial charge in [-0.1, -0.05) is 21.6 Å². The average Bonchev–Trinajstić information content (AvgIpc) is 2.91. The number of anilines is 2. The second-order valence-electron chi connectivity index (χ2n) is 6.29. The SMILES string of the molecule is CC(C)(C)OC(=O)Nc1ccc(NC(=O)C[C@@H]2CCSS2)cc1. The van der Waals surface area contributed by atoms with Crippen molar-refractivity contribution in [2.45, 2.75) is 44.5 Å². The van der Waals surface area contributed by atoms with E-state index in [9.17, 15) is 9.59 Å². The van der Waals surface area contributed by atoms with Crippen LogP contribution in [-0.4, -0.2) is 28.6 Å². The lowest BCUT2D eigenvalue weighted by molar-refractivity contribution is -0.116. The predicted octanol–water partition coefficient (Wildman–Crippen LogP) is 4.52. The van der Waals surface area contributed by atoms with Crippen molar-refractivity contribution in [3.63, 3.8) is 0 Å². The van der Waals surface area contributed by atoms with Gasteiger partial charge in [0.2, 0.25) is 5.91 Å². The van der Waals surface area contributed by atoms with E-state index in [1.807, 2.05) is 31.6 Å². The summed E-state index contributed by atoms with van der Waals surface area (Å²) in [5, 5.41) is 5.95. The van der Waals surface area contributed by atoms with Crippen LogP contribution in [-0.2, 0) is 9.53 Å². The molecule has 1 aromatic carbocycles. The van der Waals surface area contributed by atoms with E-state index in [-0.39, 0.29) is 5.91 Å². The zero-order valence-electron chi connectivity index (χ0n) is 13.5. The molecular weight excluding hydrogens is 332 g/mol. The van der Waals surface area contributed by atoms with Crippen molar-refractivity contribution in [3.8, 4) is 0 Å². The maximum atomic E-state index is 12.0. The Kier molecular flexibility index (Phi) is 6.24. The number of ether oxygens (including phenoxy) is 1. The highest BCUT2D eigenvalue weighted by Gasteiger charge is 2.20. The summed E-state index contributed by atoms with van der Waals surface area (Å²) in [4.78, 5) is 23.6. The van der Waals surface area contributed by atoms with Crippen molar-refractivity contribution in [2.24, 2.45) is 0 Å². The van der Waals surface area contributed by atoms with Gasteiger partial charge in [-0.2, -0.15) is 0 Å². The number of hydrogen-bond donors (Lipinski definition) is 2. The normalized spacial score (nSPS) is 17.6. The van der Waals surface area contributed by atoms with E-state index >= 15 is 0 Å². The molecule has 126 valence electrons. The first-order valence-electron chi connectivity index (χ1n) is 7.50. The van der Waals surface area contributed by atoms with Crippen molar-refractivity contribution in [2.75, 3.05) is 16.4 Å². The predicted molar refractivity (Wildman–Crippen MR) is 98.0 cm³/mol. The molecular formula is C16H22N2O3S2. The van der Waals surface area contributed by atoms with Gasteiger partial charge in [0.05, 0.1) is 0 Å². The minimum atomic E-state index is -0.533. The molecule has 1 fully saturated rings. The molecule has 0 unspecified atom stereocenters. The number of benzene rings is 1. The third kappa shape index (κ3) is 6.74. The minimum Gasteiger partial charge on any atom is -0.444 e. The summed E-state index contributed by atoms with van der Waals surface area (Å²) in [6, 6.07) is 7.00. The molecule has 2 amide bonds. The molecule has 0 radical (unpaired) electrons. The highest BCUT2D eigenvalue weighted by atomic mass is 33.1. The lowest BCUT2D eigenvalue weighted by Crippen LogP contribution is -2.27. The lowest BCUT2D eigenvalue weighted by Gasteiger charge is -2.19. The molecule has 0 spiro atoms. The van der Waals surface area contributed by atoms with Gasteiger partial charge in [0.25, 0.3) is 0 Å². The molecule has 7 heteroatoms. The summed E-state index contributed by atoms with van der Waals surface area (Å²) < 4.78 is 5.19. The van der Waals surface area contributed by atoms with Crippen molar-refractivity contribution in [1.82, 2.24) is 0 Å². The van der Waals surface area contributed by atoms with Gasteiger partial charge >= 0.3 is 6.09 Å². The Morgan fingerprint density at radius 3 is 2.30 bits per heavy atom. The Bertz CT molecular complexity index is 549. The molecule has 1 aliphatic heterocycles. The van der Waals surface area contributed by atoms with Crippen LogP contribution < -0.4 is 10.6 Å². The molecule has 1 atom stereocenters. The molecule has 2 rings (SSSR count). The Labute approximate surface area is 144 Å². The standard InChI is InChI=1S/C16H22N2O3S2/c1-16(2,3)21-15(20)18-12-6-4-11(5-7-12)17-14(19)10-13-8-9-22-23-13/h4-7,13H,8-10H2,1-3H3,(H,17,19)(H,18,20)/t13-/m0/s1. The molecule has 2 N–H and O–H groups in total. The van der Waals surface area contributed by atoms with E-state index in [0.29, 0.717) is 17.4 Å². The van der Waals surface area contributed by atoms with Crippen LogP contribution in [0.2, 0.25) is 0 Å². The number of carbonyl (C=O) groups is 2. The molecule has 0 bridgehead atoms. The van der Waals surface area contributed by atoms with Gasteiger partial charge in [-0.15, -0.1) is 0 Å². The number of amides is 2. The largest absolute Gasteiger partial charge is 0.444 e. The van der Waals surface area contributed by atoms with Gasteiger partial charge in [0.1, 0.15) is 5.60 Å². The third-order valence-electron chi connectivity index (χ3n) is 2.95. The number of carbonyl (C=O) groups excluding carboxylic acids is 2. The van der Waals surface area contributed by atoms with Gasteiger partial charge in [0.15, 0.2) is 0 Å². The summed E-state index contributed by atoms with van der Waals surface area (Å²) in [6.07, 6.45) is 1.13. The van der Waals surface area contributed by atoms with E-state index in [4.69, 9.17) is 4.74 Å². The first kappa shape index (κ1) is 18.0. The van der Waals surface area contributed by atoms with Gasteiger partial charge in [-0.25, -0.2) is 4.79 Å². The average molecular weight is 354 g/mol. The quantitative estimate of drug-likeness (QED) is 0.778. The van der Waals surface area contributed by atoms with Crippen LogP contribution >= 0.6 is 21.6 Å². The van der Waals surface area contributed by atoms with E-state index in [2.05, 4.69) is 10.6 Å².